The van der Waals surface area contributed by atoms with Crippen LogP contribution in [0.15, 0.2) is 114 Å². The number of hydrogen-bond acceptors (Lipinski definition) is 1. The molecule has 156 valence electrons. The lowest BCUT2D eigenvalue weighted by Crippen LogP contribution is -1.82. The lowest BCUT2D eigenvalue weighted by atomic mass is 10.00. The van der Waals surface area contributed by atoms with Crippen LogP contribution in [0.25, 0.3) is 54.9 Å². The molecule has 0 amide bonds. The number of nitrogens with one attached hydrogen (secondary N) is 1. The Morgan fingerprint density at radius 3 is 2.33 bits per heavy atom. The average Bonchev–Trinajstić information content (AvgIpc) is 3.31. The number of rotatable bonds is 2. The van der Waals surface area contributed by atoms with Crippen molar-refractivity contribution in [1.82, 2.24) is 4.98 Å². The fraction of sp³-hybridized carbons (Fsp3) is 0.0323. The van der Waals surface area contributed by atoms with Crippen molar-refractivity contribution in [2.45, 2.75) is 6.42 Å². The molecule has 0 saturated heterocycles. The molecule has 0 spiro atoms. The zero-order chi connectivity index (χ0) is 21.8. The van der Waals surface area contributed by atoms with Gasteiger partial charge in [0.2, 0.25) is 0 Å². The Kier molecular flexibility index (Phi) is 3.94. The Morgan fingerprint density at radius 1 is 0.606 bits per heavy atom. The number of aromatic amines is 1. The van der Waals surface area contributed by atoms with Crippen LogP contribution in [0.1, 0.15) is 17.5 Å². The molecule has 1 aliphatic carbocycles. The van der Waals surface area contributed by atoms with E-state index in [0.717, 1.165) is 28.4 Å². The first-order valence-electron chi connectivity index (χ1n) is 11.3. The van der Waals surface area contributed by atoms with Crippen LogP contribution in [0.5, 0.6) is 0 Å². The maximum atomic E-state index is 6.00. The van der Waals surface area contributed by atoms with Gasteiger partial charge < -0.3 is 9.40 Å². The van der Waals surface area contributed by atoms with Gasteiger partial charge in [0.25, 0.3) is 0 Å². The van der Waals surface area contributed by atoms with E-state index in [4.69, 9.17) is 4.42 Å². The van der Waals surface area contributed by atoms with Gasteiger partial charge in [-0.3, -0.25) is 0 Å². The number of benzene rings is 4. The summed E-state index contributed by atoms with van der Waals surface area (Å²) in [4.78, 5) is 3.52. The minimum atomic E-state index is 0.907. The summed E-state index contributed by atoms with van der Waals surface area (Å²) in [5.74, 6) is 0. The molecule has 2 nitrogen and oxygen atoms in total. The highest BCUT2D eigenvalue weighted by Gasteiger charge is 2.11. The zero-order valence-corrected chi connectivity index (χ0v) is 18.0. The van der Waals surface area contributed by atoms with Crippen molar-refractivity contribution < 1.29 is 4.42 Å². The lowest BCUT2D eigenvalue weighted by Gasteiger charge is -2.04. The normalized spacial score (nSPS) is 14.2. The van der Waals surface area contributed by atoms with Crippen molar-refractivity contribution in [3.05, 3.63) is 120 Å². The third-order valence-corrected chi connectivity index (χ3v) is 6.69. The molecule has 0 radical (unpaired) electrons. The van der Waals surface area contributed by atoms with Crippen molar-refractivity contribution in [2.75, 3.05) is 0 Å². The molecule has 0 bridgehead atoms. The molecule has 2 aromatic heterocycles. The third-order valence-electron chi connectivity index (χ3n) is 6.69. The summed E-state index contributed by atoms with van der Waals surface area (Å²) in [6, 6.07) is 29.9. The molecule has 0 aliphatic heterocycles. The number of aromatic nitrogens is 1. The molecule has 1 N–H and O–H groups in total. The molecule has 0 unspecified atom stereocenters. The van der Waals surface area contributed by atoms with Crippen molar-refractivity contribution in [1.29, 1.82) is 0 Å². The van der Waals surface area contributed by atoms with Gasteiger partial charge in [-0.15, -0.1) is 0 Å². The monoisotopic (exact) mass is 423 g/mol. The highest BCUT2D eigenvalue weighted by molar-refractivity contribution is 6.08. The van der Waals surface area contributed by atoms with E-state index in [0.29, 0.717) is 0 Å². The van der Waals surface area contributed by atoms with Gasteiger partial charge in [0, 0.05) is 32.6 Å². The fourth-order valence-electron chi connectivity index (χ4n) is 4.99. The molecule has 4 aromatic carbocycles. The van der Waals surface area contributed by atoms with E-state index >= 15 is 0 Å². The second-order valence-corrected chi connectivity index (χ2v) is 8.66. The standard InChI is InChI=1S/C31H21NO/c1-3-10-28-24(8-1)26-18-22(14-16-29(26)32-28)20-6-5-7-21(13-12-20)23-15-17-31-27(19-23)25-9-2-4-11-30(25)33-31/h1-5,7-19,32H,6H2. The predicted octanol–water partition coefficient (Wildman–Crippen LogP) is 8.65. The van der Waals surface area contributed by atoms with Crippen LogP contribution >= 0.6 is 0 Å². The van der Waals surface area contributed by atoms with Crippen LogP contribution < -0.4 is 0 Å². The molecule has 7 rings (SSSR count). The maximum absolute atomic E-state index is 6.00. The van der Waals surface area contributed by atoms with Crippen LogP contribution in [0.2, 0.25) is 0 Å². The molecule has 2 heteroatoms. The summed E-state index contributed by atoms with van der Waals surface area (Å²) in [5.41, 5.74) is 9.24. The smallest absolute Gasteiger partial charge is 0.135 e. The van der Waals surface area contributed by atoms with Crippen LogP contribution in [0.4, 0.5) is 0 Å². The summed E-state index contributed by atoms with van der Waals surface area (Å²) < 4.78 is 6.00. The Bertz CT molecular complexity index is 1790. The maximum Gasteiger partial charge on any atom is 0.135 e. The summed E-state index contributed by atoms with van der Waals surface area (Å²) in [6.07, 6.45) is 9.91. The minimum absolute atomic E-state index is 0.907. The SMILES string of the molecule is C1=CC(c2ccc3oc4ccccc4c3c2)=CC=C(c2ccc3[nH]c4ccccc4c3c2)C1. The van der Waals surface area contributed by atoms with Crippen LogP contribution in [-0.2, 0) is 0 Å². The number of hydrogen-bond donors (Lipinski definition) is 1. The molecule has 2 heterocycles. The summed E-state index contributed by atoms with van der Waals surface area (Å²) in [5, 5.41) is 4.88. The number of H-pyrrole nitrogens is 1. The topological polar surface area (TPSA) is 28.9 Å². The van der Waals surface area contributed by atoms with Gasteiger partial charge in [0.15, 0.2) is 0 Å². The van der Waals surface area contributed by atoms with Crippen molar-refractivity contribution >= 4 is 54.9 Å². The lowest BCUT2D eigenvalue weighted by molar-refractivity contribution is 0.669. The van der Waals surface area contributed by atoms with Crippen LogP contribution in [-0.4, -0.2) is 4.98 Å². The Morgan fingerprint density at radius 2 is 1.36 bits per heavy atom. The Hall–Kier alpha value is -4.30. The molecular weight excluding hydrogens is 402 g/mol. The molecular formula is C31H21NO. The minimum Gasteiger partial charge on any atom is -0.456 e. The predicted molar refractivity (Wildman–Crippen MR) is 139 cm³/mol. The van der Waals surface area contributed by atoms with E-state index in [-0.39, 0.29) is 0 Å². The number of para-hydroxylation sites is 2. The highest BCUT2D eigenvalue weighted by atomic mass is 16.3. The van der Waals surface area contributed by atoms with Gasteiger partial charge in [-0.25, -0.2) is 0 Å². The molecule has 0 fully saturated rings. The van der Waals surface area contributed by atoms with Crippen molar-refractivity contribution in [2.24, 2.45) is 0 Å². The van der Waals surface area contributed by atoms with E-state index in [1.54, 1.807) is 0 Å². The van der Waals surface area contributed by atoms with E-state index in [1.165, 1.54) is 44.1 Å². The molecule has 0 atom stereocenters. The van der Waals surface area contributed by atoms with Gasteiger partial charge in [0.05, 0.1) is 0 Å². The van der Waals surface area contributed by atoms with Crippen molar-refractivity contribution in [3.63, 3.8) is 0 Å². The first-order chi connectivity index (χ1) is 16.3. The van der Waals surface area contributed by atoms with E-state index in [2.05, 4.69) is 102 Å². The van der Waals surface area contributed by atoms with Gasteiger partial charge in [-0.1, -0.05) is 72.8 Å². The van der Waals surface area contributed by atoms with Crippen LogP contribution in [0.3, 0.4) is 0 Å². The summed E-state index contributed by atoms with van der Waals surface area (Å²) in [7, 11) is 0. The van der Waals surface area contributed by atoms with Gasteiger partial charge in [-0.05, 0) is 65.1 Å². The van der Waals surface area contributed by atoms with Crippen LogP contribution in [0, 0.1) is 0 Å². The fourth-order valence-corrected chi connectivity index (χ4v) is 4.99. The second kappa shape index (κ2) is 7.11. The average molecular weight is 424 g/mol. The number of furan rings is 1. The first-order valence-corrected chi connectivity index (χ1v) is 11.3. The van der Waals surface area contributed by atoms with Gasteiger partial charge in [-0.2, -0.15) is 0 Å². The largest absolute Gasteiger partial charge is 0.456 e. The number of allylic oxidation sites excluding steroid dienone is 6. The van der Waals surface area contributed by atoms with Gasteiger partial charge >= 0.3 is 0 Å². The summed E-state index contributed by atoms with van der Waals surface area (Å²) >= 11 is 0. The molecule has 0 saturated carbocycles. The van der Waals surface area contributed by atoms with E-state index in [1.807, 2.05) is 12.1 Å². The Labute approximate surface area is 191 Å². The molecule has 6 aromatic rings. The van der Waals surface area contributed by atoms with Gasteiger partial charge in [0.1, 0.15) is 11.2 Å². The Balaban J connectivity index is 1.31. The van der Waals surface area contributed by atoms with E-state index in [9.17, 15) is 0 Å². The van der Waals surface area contributed by atoms with Crippen molar-refractivity contribution in [3.8, 4) is 0 Å². The quantitative estimate of drug-likeness (QED) is 0.297. The zero-order valence-electron chi connectivity index (χ0n) is 18.0. The second-order valence-electron chi connectivity index (χ2n) is 8.66. The summed E-state index contributed by atoms with van der Waals surface area (Å²) in [6.45, 7) is 0. The highest BCUT2D eigenvalue weighted by Crippen LogP contribution is 2.34. The molecule has 33 heavy (non-hydrogen) atoms. The third kappa shape index (κ3) is 2.95. The number of fused-ring (bicyclic) bond motifs is 6. The first kappa shape index (κ1) is 18.3. The van der Waals surface area contributed by atoms with E-state index < -0.39 is 0 Å². The molecule has 1 aliphatic rings.